The molecule has 2 atom stereocenters. The molecule has 2 amide bonds. The summed E-state index contributed by atoms with van der Waals surface area (Å²) in [5, 5.41) is 11.9. The van der Waals surface area contributed by atoms with E-state index in [-0.39, 0.29) is 12.1 Å². The molecular formula is C13H24N2O3. The summed E-state index contributed by atoms with van der Waals surface area (Å²) in [7, 11) is 0. The second-order valence-electron chi connectivity index (χ2n) is 5.12. The highest BCUT2D eigenvalue weighted by atomic mass is 16.4. The van der Waals surface area contributed by atoms with E-state index in [9.17, 15) is 9.59 Å². The van der Waals surface area contributed by atoms with Crippen LogP contribution >= 0.6 is 0 Å². The lowest BCUT2D eigenvalue weighted by atomic mass is 9.99. The molecule has 2 unspecified atom stereocenters. The molecular weight excluding hydrogens is 232 g/mol. The molecule has 104 valence electrons. The average molecular weight is 256 g/mol. The van der Waals surface area contributed by atoms with Crippen LogP contribution in [-0.2, 0) is 4.79 Å². The number of urea groups is 1. The van der Waals surface area contributed by atoms with Crippen LogP contribution in [0.4, 0.5) is 4.79 Å². The van der Waals surface area contributed by atoms with Crippen molar-refractivity contribution in [2.45, 2.75) is 52.0 Å². The quantitative estimate of drug-likeness (QED) is 0.791. The number of carboxylic acid groups (broad SMARTS) is 1. The Balaban J connectivity index is 2.38. The van der Waals surface area contributed by atoms with E-state index >= 15 is 0 Å². The van der Waals surface area contributed by atoms with Gasteiger partial charge in [-0.2, -0.15) is 0 Å². The van der Waals surface area contributed by atoms with Crippen LogP contribution in [0.3, 0.4) is 0 Å². The van der Waals surface area contributed by atoms with Crippen molar-refractivity contribution in [3.05, 3.63) is 0 Å². The van der Waals surface area contributed by atoms with Crippen molar-refractivity contribution in [2.24, 2.45) is 5.92 Å². The van der Waals surface area contributed by atoms with Gasteiger partial charge in [0, 0.05) is 19.1 Å². The third kappa shape index (κ3) is 4.55. The van der Waals surface area contributed by atoms with Gasteiger partial charge in [0.15, 0.2) is 0 Å². The molecule has 18 heavy (non-hydrogen) atoms. The van der Waals surface area contributed by atoms with Crippen molar-refractivity contribution in [3.8, 4) is 0 Å². The third-order valence-electron chi connectivity index (χ3n) is 3.42. The van der Waals surface area contributed by atoms with E-state index in [0.29, 0.717) is 19.5 Å². The number of likely N-dealkylation sites (tertiary alicyclic amines) is 1. The summed E-state index contributed by atoms with van der Waals surface area (Å²) in [6.45, 7) is 5.11. The molecule has 0 aromatic carbocycles. The molecule has 1 saturated heterocycles. The summed E-state index contributed by atoms with van der Waals surface area (Å²) < 4.78 is 0. The van der Waals surface area contributed by atoms with Crippen molar-refractivity contribution in [1.82, 2.24) is 10.2 Å². The molecule has 1 heterocycles. The maximum absolute atomic E-state index is 12.0. The van der Waals surface area contributed by atoms with Gasteiger partial charge in [0.2, 0.25) is 0 Å². The van der Waals surface area contributed by atoms with Gasteiger partial charge in [0.25, 0.3) is 0 Å². The van der Waals surface area contributed by atoms with Crippen LogP contribution in [0.2, 0.25) is 0 Å². The molecule has 0 bridgehead atoms. The predicted molar refractivity (Wildman–Crippen MR) is 69.5 cm³/mol. The second-order valence-corrected chi connectivity index (χ2v) is 5.12. The topological polar surface area (TPSA) is 69.6 Å². The highest BCUT2D eigenvalue weighted by Gasteiger charge is 2.28. The first kappa shape index (κ1) is 14.8. The summed E-state index contributed by atoms with van der Waals surface area (Å²) in [6.07, 6.45) is 4.63. The van der Waals surface area contributed by atoms with Crippen molar-refractivity contribution in [1.29, 1.82) is 0 Å². The minimum Gasteiger partial charge on any atom is -0.481 e. The Bertz CT molecular complexity index is 294. The van der Waals surface area contributed by atoms with Crippen LogP contribution in [0, 0.1) is 5.92 Å². The standard InChI is InChI=1S/C13H24N2O3/c1-3-4-6-10(2)14-13(18)15-8-5-7-11(9-15)12(16)17/h10-11H,3-9H2,1-2H3,(H,14,18)(H,16,17). The van der Waals surface area contributed by atoms with E-state index in [4.69, 9.17) is 5.11 Å². The lowest BCUT2D eigenvalue weighted by molar-refractivity contribution is -0.143. The van der Waals surface area contributed by atoms with Crippen molar-refractivity contribution in [3.63, 3.8) is 0 Å². The molecule has 0 saturated carbocycles. The van der Waals surface area contributed by atoms with Crippen molar-refractivity contribution >= 4 is 12.0 Å². The summed E-state index contributed by atoms with van der Waals surface area (Å²) >= 11 is 0. The zero-order valence-electron chi connectivity index (χ0n) is 11.3. The molecule has 0 aromatic rings. The molecule has 1 aliphatic rings. The molecule has 0 spiro atoms. The second kappa shape index (κ2) is 7.24. The smallest absolute Gasteiger partial charge is 0.317 e. The van der Waals surface area contributed by atoms with Crippen LogP contribution < -0.4 is 5.32 Å². The van der Waals surface area contributed by atoms with Gasteiger partial charge in [-0.15, -0.1) is 0 Å². The van der Waals surface area contributed by atoms with Crippen LogP contribution in [-0.4, -0.2) is 41.1 Å². The lowest BCUT2D eigenvalue weighted by Crippen LogP contribution is -2.49. The number of hydrogen-bond acceptors (Lipinski definition) is 2. The molecule has 1 aliphatic heterocycles. The first-order valence-corrected chi connectivity index (χ1v) is 6.82. The Morgan fingerprint density at radius 2 is 2.22 bits per heavy atom. The number of unbranched alkanes of at least 4 members (excludes halogenated alkanes) is 1. The highest BCUT2D eigenvalue weighted by Crippen LogP contribution is 2.16. The van der Waals surface area contributed by atoms with E-state index in [1.54, 1.807) is 4.90 Å². The normalized spacial score (nSPS) is 21.4. The molecule has 5 nitrogen and oxygen atoms in total. The number of aliphatic carboxylic acids is 1. The van der Waals surface area contributed by atoms with E-state index in [1.165, 1.54) is 0 Å². The molecule has 2 N–H and O–H groups in total. The number of piperidine rings is 1. The zero-order valence-corrected chi connectivity index (χ0v) is 11.3. The van der Waals surface area contributed by atoms with Gasteiger partial charge in [-0.05, 0) is 26.2 Å². The van der Waals surface area contributed by atoms with Crippen molar-refractivity contribution < 1.29 is 14.7 Å². The Morgan fingerprint density at radius 1 is 1.50 bits per heavy atom. The summed E-state index contributed by atoms with van der Waals surface area (Å²) in [5.74, 6) is -1.21. The van der Waals surface area contributed by atoms with Crippen LogP contribution in [0.25, 0.3) is 0 Å². The Morgan fingerprint density at radius 3 is 2.83 bits per heavy atom. The molecule has 1 rings (SSSR count). The number of nitrogens with zero attached hydrogens (tertiary/aromatic N) is 1. The van der Waals surface area contributed by atoms with Gasteiger partial charge in [-0.25, -0.2) is 4.79 Å². The highest BCUT2D eigenvalue weighted by molar-refractivity contribution is 5.76. The fraction of sp³-hybridized carbons (Fsp3) is 0.846. The van der Waals surface area contributed by atoms with E-state index in [0.717, 1.165) is 25.7 Å². The monoisotopic (exact) mass is 256 g/mol. The summed E-state index contributed by atoms with van der Waals surface area (Å²) in [6, 6.07) is 0.0345. The van der Waals surface area contributed by atoms with Crippen LogP contribution in [0.5, 0.6) is 0 Å². The number of carboxylic acids is 1. The van der Waals surface area contributed by atoms with Gasteiger partial charge in [0.1, 0.15) is 0 Å². The predicted octanol–water partition coefficient (Wildman–Crippen LogP) is 2.07. The number of carbonyl (C=O) groups excluding carboxylic acids is 1. The first-order valence-electron chi connectivity index (χ1n) is 6.82. The number of rotatable bonds is 5. The number of nitrogens with one attached hydrogen (secondary N) is 1. The fourth-order valence-corrected chi connectivity index (χ4v) is 2.25. The SMILES string of the molecule is CCCCC(C)NC(=O)N1CCCC(C(=O)O)C1. The average Bonchev–Trinajstić information content (AvgIpc) is 2.36. The summed E-state index contributed by atoms with van der Waals surface area (Å²) in [5.41, 5.74) is 0. The maximum atomic E-state index is 12.0. The maximum Gasteiger partial charge on any atom is 0.317 e. The molecule has 5 heteroatoms. The largest absolute Gasteiger partial charge is 0.481 e. The summed E-state index contributed by atoms with van der Waals surface area (Å²) in [4.78, 5) is 24.5. The Labute approximate surface area is 109 Å². The van der Waals surface area contributed by atoms with Crippen LogP contribution in [0.1, 0.15) is 46.0 Å². The van der Waals surface area contributed by atoms with Gasteiger partial charge in [-0.3, -0.25) is 4.79 Å². The zero-order chi connectivity index (χ0) is 13.5. The lowest BCUT2D eigenvalue weighted by Gasteiger charge is -2.31. The number of carbonyl (C=O) groups is 2. The molecule has 0 aliphatic carbocycles. The van der Waals surface area contributed by atoms with Gasteiger partial charge in [-0.1, -0.05) is 19.8 Å². The third-order valence-corrected chi connectivity index (χ3v) is 3.42. The van der Waals surface area contributed by atoms with Gasteiger partial charge >= 0.3 is 12.0 Å². The fourth-order valence-electron chi connectivity index (χ4n) is 2.25. The number of amides is 2. The Hall–Kier alpha value is -1.26. The van der Waals surface area contributed by atoms with E-state index in [1.807, 2.05) is 6.92 Å². The van der Waals surface area contributed by atoms with E-state index in [2.05, 4.69) is 12.2 Å². The van der Waals surface area contributed by atoms with E-state index < -0.39 is 11.9 Å². The Kier molecular flexibility index (Phi) is 5.95. The first-order chi connectivity index (χ1) is 8.54. The van der Waals surface area contributed by atoms with Gasteiger partial charge < -0.3 is 15.3 Å². The van der Waals surface area contributed by atoms with Crippen molar-refractivity contribution in [2.75, 3.05) is 13.1 Å². The minimum atomic E-state index is -0.800. The number of hydrogen-bond donors (Lipinski definition) is 2. The van der Waals surface area contributed by atoms with Gasteiger partial charge in [0.05, 0.1) is 5.92 Å². The van der Waals surface area contributed by atoms with Crippen LogP contribution in [0.15, 0.2) is 0 Å². The molecule has 0 aromatic heterocycles. The molecule has 1 fully saturated rings. The minimum absolute atomic E-state index is 0.121. The molecule has 0 radical (unpaired) electrons.